The maximum atomic E-state index is 13.3. The summed E-state index contributed by atoms with van der Waals surface area (Å²) >= 11 is 0. The van der Waals surface area contributed by atoms with E-state index in [1.165, 1.54) is 12.8 Å². The van der Waals surface area contributed by atoms with Gasteiger partial charge in [-0.3, -0.25) is 4.79 Å². The van der Waals surface area contributed by atoms with Crippen molar-refractivity contribution in [3.63, 3.8) is 0 Å². The molecule has 1 fully saturated rings. The average Bonchev–Trinajstić information content (AvgIpc) is 3.64. The topological polar surface area (TPSA) is 80.7 Å². The van der Waals surface area contributed by atoms with Gasteiger partial charge < -0.3 is 15.2 Å². The van der Waals surface area contributed by atoms with Gasteiger partial charge in [-0.2, -0.15) is 5.10 Å². The molecule has 4 aromatic rings. The van der Waals surface area contributed by atoms with E-state index >= 15 is 0 Å². The van der Waals surface area contributed by atoms with Crippen molar-refractivity contribution < 1.29 is 14.6 Å². The number of aromatic nitrogens is 2. The summed E-state index contributed by atoms with van der Waals surface area (Å²) in [6.07, 6.45) is 2.06. The van der Waals surface area contributed by atoms with E-state index in [9.17, 15) is 9.90 Å². The second kappa shape index (κ2) is 10.1. The number of hydrogen-bond donors (Lipinski definition) is 2. The third-order valence-electron chi connectivity index (χ3n) is 6.11. The molecular weight excluding hydrogens is 452 g/mol. The fourth-order valence-electron chi connectivity index (χ4n) is 4.08. The summed E-state index contributed by atoms with van der Waals surface area (Å²) in [5.74, 6) is 0.493. The van der Waals surface area contributed by atoms with Gasteiger partial charge in [0.2, 0.25) is 0 Å². The number of aryl methyl sites for hydroxylation is 1. The van der Waals surface area contributed by atoms with E-state index in [1.54, 1.807) is 41.1 Å². The summed E-state index contributed by atoms with van der Waals surface area (Å²) in [6, 6.07) is 23.4. The number of ether oxygens (including phenoxy) is 1. The largest absolute Gasteiger partial charge is 0.508 e. The first-order valence-electron chi connectivity index (χ1n) is 11.9. The predicted octanol–water partition coefficient (Wildman–Crippen LogP) is 6.21. The molecule has 0 aliphatic heterocycles. The maximum Gasteiger partial charge on any atom is 0.274 e. The molecule has 5 rings (SSSR count). The van der Waals surface area contributed by atoms with Crippen LogP contribution in [0.2, 0.25) is 0 Å². The second-order valence-electron chi connectivity index (χ2n) is 9.04. The van der Waals surface area contributed by atoms with Crippen molar-refractivity contribution in [2.45, 2.75) is 25.9 Å². The number of benzene rings is 3. The molecule has 1 atom stereocenters. The molecule has 0 saturated heterocycles. The van der Waals surface area contributed by atoms with Crippen molar-refractivity contribution in [1.29, 1.82) is 0 Å². The third kappa shape index (κ3) is 5.29. The van der Waals surface area contributed by atoms with Gasteiger partial charge in [-0.15, -0.1) is 0 Å². The van der Waals surface area contributed by atoms with Crippen molar-refractivity contribution in [2.24, 2.45) is 5.92 Å². The summed E-state index contributed by atoms with van der Waals surface area (Å²) < 4.78 is 7.85. The lowest BCUT2D eigenvalue weighted by molar-refractivity contribution is 0.0718. The van der Waals surface area contributed by atoms with Crippen LogP contribution in [0.5, 0.6) is 5.75 Å². The van der Waals surface area contributed by atoms with Crippen molar-refractivity contribution in [3.05, 3.63) is 113 Å². The number of anilines is 1. The van der Waals surface area contributed by atoms with Crippen LogP contribution in [-0.4, -0.2) is 27.4 Å². The molecule has 36 heavy (non-hydrogen) atoms. The summed E-state index contributed by atoms with van der Waals surface area (Å²) in [6.45, 7) is 9.77. The van der Waals surface area contributed by atoms with E-state index in [2.05, 4.69) is 15.3 Å². The van der Waals surface area contributed by atoms with Crippen molar-refractivity contribution >= 4 is 17.3 Å². The van der Waals surface area contributed by atoms with Crippen molar-refractivity contribution in [1.82, 2.24) is 9.78 Å². The number of aromatic hydroxyl groups is 1. The molecule has 7 nitrogen and oxygen atoms in total. The first kappa shape index (κ1) is 23.3. The Morgan fingerprint density at radius 1 is 1.11 bits per heavy atom. The maximum absolute atomic E-state index is 13.3. The number of rotatable bonds is 8. The Morgan fingerprint density at radius 3 is 2.64 bits per heavy atom. The highest BCUT2D eigenvalue weighted by Crippen LogP contribution is 2.34. The Morgan fingerprint density at radius 2 is 1.89 bits per heavy atom. The predicted molar refractivity (Wildman–Crippen MR) is 138 cm³/mol. The minimum absolute atomic E-state index is 0.203. The number of hydrogen-bond acceptors (Lipinski definition) is 4. The minimum atomic E-state index is -0.313. The Labute approximate surface area is 209 Å². The third-order valence-corrected chi connectivity index (χ3v) is 6.11. The number of amides is 1. The van der Waals surface area contributed by atoms with Crippen molar-refractivity contribution in [3.8, 4) is 11.4 Å². The molecule has 1 amide bonds. The number of carbonyl (C=O) groups is 1. The first-order chi connectivity index (χ1) is 17.5. The Bertz CT molecular complexity index is 1430. The molecule has 7 heteroatoms. The molecule has 1 unspecified atom stereocenters. The van der Waals surface area contributed by atoms with Crippen LogP contribution in [0.25, 0.3) is 10.5 Å². The number of nitrogens with zero attached hydrogens (tertiary/aromatic N) is 3. The Hall–Kier alpha value is -4.41. The summed E-state index contributed by atoms with van der Waals surface area (Å²) in [5, 5.41) is 17.2. The molecule has 1 aliphatic rings. The van der Waals surface area contributed by atoms with Gasteiger partial charge in [0.25, 0.3) is 5.91 Å². The lowest BCUT2D eigenvalue weighted by Crippen LogP contribution is -2.17. The van der Waals surface area contributed by atoms with E-state index in [4.69, 9.17) is 11.3 Å². The van der Waals surface area contributed by atoms with E-state index in [1.807, 2.05) is 49.4 Å². The van der Waals surface area contributed by atoms with Crippen LogP contribution in [0.1, 0.15) is 46.3 Å². The standard InChI is InChI=1S/C29H26N4O3/c1-19-15-27(33(32-19)25-8-4-6-23(17-25)30-2)29(35)31-24-7-3-5-22(16-24)28(36-18-20-9-10-20)21-11-13-26(34)14-12-21/h3-8,11-17,20,28,34H,9-10,18H2,1H3,(H,31,35). The van der Waals surface area contributed by atoms with Crippen LogP contribution in [0, 0.1) is 19.4 Å². The van der Waals surface area contributed by atoms with Crippen LogP contribution < -0.4 is 5.32 Å². The summed E-state index contributed by atoms with van der Waals surface area (Å²) in [5.41, 5.74) is 4.68. The van der Waals surface area contributed by atoms with Crippen LogP contribution in [0.15, 0.2) is 78.9 Å². The average molecular weight is 479 g/mol. The number of nitrogens with one attached hydrogen (secondary N) is 1. The zero-order valence-electron chi connectivity index (χ0n) is 19.9. The molecule has 2 N–H and O–H groups in total. The zero-order valence-corrected chi connectivity index (χ0v) is 19.9. The van der Waals surface area contributed by atoms with Crippen LogP contribution in [0.4, 0.5) is 11.4 Å². The van der Waals surface area contributed by atoms with Gasteiger partial charge in [0.1, 0.15) is 17.5 Å². The van der Waals surface area contributed by atoms with Gasteiger partial charge in [0, 0.05) is 5.69 Å². The molecule has 1 saturated carbocycles. The van der Waals surface area contributed by atoms with Crippen LogP contribution in [-0.2, 0) is 4.74 Å². The highest BCUT2D eigenvalue weighted by atomic mass is 16.5. The number of carbonyl (C=O) groups excluding carboxylic acids is 1. The normalized spacial score (nSPS) is 13.7. The van der Waals surface area contributed by atoms with Crippen LogP contribution >= 0.6 is 0 Å². The van der Waals surface area contributed by atoms with Gasteiger partial charge in [-0.05, 0) is 79.3 Å². The van der Waals surface area contributed by atoms with E-state index in [0.29, 0.717) is 41.0 Å². The minimum Gasteiger partial charge on any atom is -0.508 e. The second-order valence-corrected chi connectivity index (χ2v) is 9.04. The molecule has 1 heterocycles. The summed E-state index contributed by atoms with van der Waals surface area (Å²) in [4.78, 5) is 16.8. The van der Waals surface area contributed by atoms with Gasteiger partial charge in [-0.1, -0.05) is 36.4 Å². The van der Waals surface area contributed by atoms with Crippen molar-refractivity contribution in [2.75, 3.05) is 11.9 Å². The monoisotopic (exact) mass is 478 g/mol. The molecule has 1 aliphatic carbocycles. The highest BCUT2D eigenvalue weighted by molar-refractivity contribution is 6.03. The van der Waals surface area contributed by atoms with E-state index in [-0.39, 0.29) is 17.8 Å². The quantitative estimate of drug-likeness (QED) is 0.295. The Kier molecular flexibility index (Phi) is 6.52. The summed E-state index contributed by atoms with van der Waals surface area (Å²) in [7, 11) is 0. The van der Waals surface area contributed by atoms with Gasteiger partial charge in [0.05, 0.1) is 24.6 Å². The van der Waals surface area contributed by atoms with Gasteiger partial charge in [-0.25, -0.2) is 9.53 Å². The van der Waals surface area contributed by atoms with Crippen LogP contribution in [0.3, 0.4) is 0 Å². The fourth-order valence-corrected chi connectivity index (χ4v) is 4.08. The van der Waals surface area contributed by atoms with Gasteiger partial charge >= 0.3 is 0 Å². The molecular formula is C29H26N4O3. The lowest BCUT2D eigenvalue weighted by atomic mass is 10.0. The molecule has 1 aromatic heterocycles. The SMILES string of the molecule is [C-]#[N+]c1cccc(-n2nc(C)cc2C(=O)Nc2cccc(C(OCC3CC3)c3ccc(O)cc3)c2)c1. The zero-order chi connectivity index (χ0) is 25.1. The van der Waals surface area contributed by atoms with E-state index in [0.717, 1.165) is 11.1 Å². The highest BCUT2D eigenvalue weighted by Gasteiger charge is 2.25. The number of phenols is 1. The molecule has 0 radical (unpaired) electrons. The Balaban J connectivity index is 1.41. The van der Waals surface area contributed by atoms with Gasteiger partial charge in [0.15, 0.2) is 5.69 Å². The molecule has 180 valence electrons. The first-order valence-corrected chi connectivity index (χ1v) is 11.9. The smallest absolute Gasteiger partial charge is 0.274 e. The molecule has 0 bridgehead atoms. The molecule has 3 aromatic carbocycles. The number of phenolic OH excluding ortho intramolecular Hbond substituents is 1. The van der Waals surface area contributed by atoms with E-state index < -0.39 is 0 Å². The molecule has 0 spiro atoms. The lowest BCUT2D eigenvalue weighted by Gasteiger charge is -2.20. The fraction of sp³-hybridized carbons (Fsp3) is 0.207.